The molecule has 1 aromatic rings. The molecule has 1 heterocycles. The van der Waals surface area contributed by atoms with Crippen molar-refractivity contribution in [2.45, 2.75) is 39.7 Å². The van der Waals surface area contributed by atoms with E-state index >= 15 is 0 Å². The number of aliphatic carboxylic acids is 1. The number of rotatable bonds is 5. The molecule has 0 aliphatic heterocycles. The molecule has 0 aliphatic carbocycles. The van der Waals surface area contributed by atoms with Crippen LogP contribution >= 0.6 is 0 Å². The summed E-state index contributed by atoms with van der Waals surface area (Å²) in [6.07, 6.45) is 2.40. The smallest absolute Gasteiger partial charge is 0.303 e. The highest BCUT2D eigenvalue weighted by molar-refractivity contribution is 5.66. The summed E-state index contributed by atoms with van der Waals surface area (Å²) in [4.78, 5) is 18.9. The number of nitrogens with one attached hydrogen (secondary N) is 1. The number of carbonyl (C=O) groups is 1. The quantitative estimate of drug-likeness (QED) is 0.795. The molecule has 5 nitrogen and oxygen atoms in total. The van der Waals surface area contributed by atoms with Crippen molar-refractivity contribution in [2.24, 2.45) is 0 Å². The molecule has 88 valence electrons. The second-order valence-electron chi connectivity index (χ2n) is 3.90. The van der Waals surface area contributed by atoms with Gasteiger partial charge in [0.2, 0.25) is 0 Å². The molecule has 0 amide bonds. The normalized spacial score (nSPS) is 12.2. The molecule has 1 aromatic heterocycles. The first-order valence-corrected chi connectivity index (χ1v) is 5.27. The Labute approximate surface area is 94.9 Å². The first-order valence-electron chi connectivity index (χ1n) is 5.27. The van der Waals surface area contributed by atoms with Crippen molar-refractivity contribution < 1.29 is 9.90 Å². The topological polar surface area (TPSA) is 75.1 Å². The third-order valence-corrected chi connectivity index (χ3v) is 2.38. The lowest BCUT2D eigenvalue weighted by Gasteiger charge is -2.13. The number of anilines is 1. The number of aromatic nitrogens is 2. The molecule has 0 aliphatic rings. The van der Waals surface area contributed by atoms with E-state index in [0.717, 1.165) is 11.4 Å². The zero-order valence-electron chi connectivity index (χ0n) is 9.82. The van der Waals surface area contributed by atoms with Gasteiger partial charge in [0.1, 0.15) is 5.82 Å². The Morgan fingerprint density at radius 1 is 1.50 bits per heavy atom. The first-order chi connectivity index (χ1) is 7.49. The Kier molecular flexibility index (Phi) is 4.22. The van der Waals surface area contributed by atoms with E-state index in [1.165, 1.54) is 0 Å². The molecule has 0 saturated carbocycles. The van der Waals surface area contributed by atoms with Gasteiger partial charge < -0.3 is 10.4 Å². The van der Waals surface area contributed by atoms with Crippen molar-refractivity contribution in [2.75, 3.05) is 5.32 Å². The van der Waals surface area contributed by atoms with Crippen LogP contribution in [-0.4, -0.2) is 27.1 Å². The number of aryl methyl sites for hydroxylation is 2. The van der Waals surface area contributed by atoms with Crippen LogP contribution in [0, 0.1) is 13.8 Å². The third-order valence-electron chi connectivity index (χ3n) is 2.38. The summed E-state index contributed by atoms with van der Waals surface area (Å²) in [6.45, 7) is 5.73. The molecule has 16 heavy (non-hydrogen) atoms. The van der Waals surface area contributed by atoms with Gasteiger partial charge in [-0.1, -0.05) is 0 Å². The Bertz CT molecular complexity index is 379. The van der Waals surface area contributed by atoms with Gasteiger partial charge in [0, 0.05) is 12.5 Å². The number of carboxylic acid groups (broad SMARTS) is 1. The van der Waals surface area contributed by atoms with Crippen LogP contribution in [0.2, 0.25) is 0 Å². The van der Waals surface area contributed by atoms with E-state index in [2.05, 4.69) is 15.3 Å². The maximum absolute atomic E-state index is 10.4. The molecule has 0 bridgehead atoms. The molecule has 5 heteroatoms. The van der Waals surface area contributed by atoms with Crippen LogP contribution in [0.4, 0.5) is 5.82 Å². The molecular formula is C11H17N3O2. The minimum atomic E-state index is -0.778. The van der Waals surface area contributed by atoms with Crippen LogP contribution in [0.25, 0.3) is 0 Å². The number of hydrogen-bond donors (Lipinski definition) is 2. The molecule has 0 spiro atoms. The van der Waals surface area contributed by atoms with E-state index in [1.54, 1.807) is 6.20 Å². The van der Waals surface area contributed by atoms with E-state index in [4.69, 9.17) is 5.11 Å². The molecular weight excluding hydrogens is 206 g/mol. The van der Waals surface area contributed by atoms with Crippen molar-refractivity contribution in [3.05, 3.63) is 17.6 Å². The van der Waals surface area contributed by atoms with Crippen LogP contribution in [0.1, 0.15) is 31.2 Å². The third kappa shape index (κ3) is 3.84. The summed E-state index contributed by atoms with van der Waals surface area (Å²) < 4.78 is 0. The van der Waals surface area contributed by atoms with Gasteiger partial charge in [-0.15, -0.1) is 0 Å². The van der Waals surface area contributed by atoms with Gasteiger partial charge >= 0.3 is 5.97 Å². The maximum Gasteiger partial charge on any atom is 0.303 e. The van der Waals surface area contributed by atoms with Gasteiger partial charge in [-0.2, -0.15) is 0 Å². The van der Waals surface area contributed by atoms with E-state index in [-0.39, 0.29) is 12.5 Å². The van der Waals surface area contributed by atoms with Gasteiger partial charge in [0.25, 0.3) is 0 Å². The van der Waals surface area contributed by atoms with Crippen molar-refractivity contribution >= 4 is 11.8 Å². The first kappa shape index (κ1) is 12.4. The average molecular weight is 223 g/mol. The van der Waals surface area contributed by atoms with Crippen LogP contribution in [0.5, 0.6) is 0 Å². The van der Waals surface area contributed by atoms with E-state index < -0.39 is 5.97 Å². The number of hydrogen-bond acceptors (Lipinski definition) is 4. The summed E-state index contributed by atoms with van der Waals surface area (Å²) in [5.74, 6) is -0.0826. The van der Waals surface area contributed by atoms with Crippen molar-refractivity contribution in [3.63, 3.8) is 0 Å². The summed E-state index contributed by atoms with van der Waals surface area (Å²) >= 11 is 0. The maximum atomic E-state index is 10.4. The zero-order valence-corrected chi connectivity index (χ0v) is 9.82. The Morgan fingerprint density at radius 3 is 2.75 bits per heavy atom. The monoisotopic (exact) mass is 223 g/mol. The highest BCUT2D eigenvalue weighted by atomic mass is 16.4. The standard InChI is InChI=1S/C11H17N3O2/c1-7(4-5-11(15)16)13-10-6-12-8(2)9(3)14-10/h6-7H,4-5H2,1-3H3,(H,13,14)(H,15,16). The Morgan fingerprint density at radius 2 is 2.19 bits per heavy atom. The second kappa shape index (κ2) is 5.44. The van der Waals surface area contributed by atoms with E-state index in [0.29, 0.717) is 12.2 Å². The lowest BCUT2D eigenvalue weighted by molar-refractivity contribution is -0.137. The SMILES string of the molecule is Cc1ncc(NC(C)CCC(=O)O)nc1C. The molecule has 1 atom stereocenters. The van der Waals surface area contributed by atoms with Gasteiger partial charge in [0.15, 0.2) is 0 Å². The van der Waals surface area contributed by atoms with Crippen LogP contribution < -0.4 is 5.32 Å². The van der Waals surface area contributed by atoms with Crippen molar-refractivity contribution in [1.82, 2.24) is 9.97 Å². The van der Waals surface area contributed by atoms with Gasteiger partial charge in [-0.05, 0) is 27.2 Å². The highest BCUT2D eigenvalue weighted by Gasteiger charge is 2.06. The zero-order chi connectivity index (χ0) is 12.1. The van der Waals surface area contributed by atoms with Gasteiger partial charge in [-0.25, -0.2) is 4.98 Å². The Balaban J connectivity index is 2.52. The minimum Gasteiger partial charge on any atom is -0.481 e. The molecule has 0 saturated heterocycles. The molecule has 0 radical (unpaired) electrons. The summed E-state index contributed by atoms with van der Waals surface area (Å²) in [5, 5.41) is 11.7. The molecule has 1 unspecified atom stereocenters. The second-order valence-corrected chi connectivity index (χ2v) is 3.90. The molecule has 1 rings (SSSR count). The van der Waals surface area contributed by atoms with E-state index in [9.17, 15) is 4.79 Å². The lowest BCUT2D eigenvalue weighted by Crippen LogP contribution is -2.18. The fourth-order valence-corrected chi connectivity index (χ4v) is 1.28. The van der Waals surface area contributed by atoms with Gasteiger partial charge in [-0.3, -0.25) is 9.78 Å². The van der Waals surface area contributed by atoms with Crippen LogP contribution in [0.3, 0.4) is 0 Å². The fraction of sp³-hybridized carbons (Fsp3) is 0.545. The minimum absolute atomic E-state index is 0.0764. The summed E-state index contributed by atoms with van der Waals surface area (Å²) in [5.41, 5.74) is 1.79. The number of carboxylic acids is 1. The van der Waals surface area contributed by atoms with Gasteiger partial charge in [0.05, 0.1) is 17.6 Å². The molecule has 0 fully saturated rings. The lowest BCUT2D eigenvalue weighted by atomic mass is 10.2. The predicted octanol–water partition coefficient (Wildman–Crippen LogP) is 1.76. The Hall–Kier alpha value is -1.65. The largest absolute Gasteiger partial charge is 0.481 e. The predicted molar refractivity (Wildman–Crippen MR) is 61.5 cm³/mol. The molecule has 0 aromatic carbocycles. The molecule has 2 N–H and O–H groups in total. The highest BCUT2D eigenvalue weighted by Crippen LogP contribution is 2.09. The summed E-state index contributed by atoms with van der Waals surface area (Å²) in [7, 11) is 0. The fourth-order valence-electron chi connectivity index (χ4n) is 1.28. The van der Waals surface area contributed by atoms with E-state index in [1.807, 2.05) is 20.8 Å². The van der Waals surface area contributed by atoms with Crippen LogP contribution in [0.15, 0.2) is 6.20 Å². The van der Waals surface area contributed by atoms with Crippen molar-refractivity contribution in [3.8, 4) is 0 Å². The van der Waals surface area contributed by atoms with Crippen LogP contribution in [-0.2, 0) is 4.79 Å². The number of nitrogens with zero attached hydrogens (tertiary/aromatic N) is 2. The summed E-state index contributed by atoms with van der Waals surface area (Å²) in [6, 6.07) is 0.0764. The van der Waals surface area contributed by atoms with Crippen molar-refractivity contribution in [1.29, 1.82) is 0 Å². The average Bonchev–Trinajstić information content (AvgIpc) is 2.21.